The highest BCUT2D eigenvalue weighted by molar-refractivity contribution is 4.97. The Hall–Kier alpha value is -0.480. The van der Waals surface area contributed by atoms with Gasteiger partial charge in [0, 0.05) is 12.5 Å². The normalized spacial score (nSPS) is 11.9. The molecular weight excluding hydrogens is 194 g/mol. The molecule has 0 saturated heterocycles. The van der Waals surface area contributed by atoms with E-state index in [0.29, 0.717) is 6.04 Å². The van der Waals surface area contributed by atoms with Crippen molar-refractivity contribution in [2.24, 2.45) is 0 Å². The standard InChI is InChI=1S/C15H29N/c1-4-6-8-9-10-11-12-14-15(16-3)13-7-5-2/h15-16H,4,6,8-14H2,1-3H3. The van der Waals surface area contributed by atoms with Gasteiger partial charge in [-0.3, -0.25) is 0 Å². The van der Waals surface area contributed by atoms with Crippen molar-refractivity contribution < 1.29 is 0 Å². The van der Waals surface area contributed by atoms with Gasteiger partial charge in [0.05, 0.1) is 0 Å². The molecule has 1 N–H and O–H groups in total. The van der Waals surface area contributed by atoms with Crippen molar-refractivity contribution in [2.45, 2.75) is 77.7 Å². The number of unbranched alkanes of at least 4 members (excludes halogenated alkanes) is 6. The summed E-state index contributed by atoms with van der Waals surface area (Å²) in [5.41, 5.74) is 0. The Morgan fingerprint density at radius 3 is 2.19 bits per heavy atom. The van der Waals surface area contributed by atoms with Gasteiger partial charge >= 0.3 is 0 Å². The van der Waals surface area contributed by atoms with Crippen molar-refractivity contribution in [1.29, 1.82) is 0 Å². The SMILES string of the molecule is CC#CCC(CCCCCCCCC)NC. The van der Waals surface area contributed by atoms with E-state index in [2.05, 4.69) is 24.1 Å². The predicted molar refractivity (Wildman–Crippen MR) is 73.5 cm³/mol. The van der Waals surface area contributed by atoms with Crippen LogP contribution in [0.3, 0.4) is 0 Å². The third-order valence-electron chi connectivity index (χ3n) is 3.09. The summed E-state index contributed by atoms with van der Waals surface area (Å²) in [4.78, 5) is 0. The lowest BCUT2D eigenvalue weighted by Gasteiger charge is -2.12. The largest absolute Gasteiger partial charge is 0.316 e. The maximum atomic E-state index is 3.35. The topological polar surface area (TPSA) is 12.0 Å². The fourth-order valence-electron chi connectivity index (χ4n) is 1.92. The first kappa shape index (κ1) is 15.5. The molecule has 1 unspecified atom stereocenters. The monoisotopic (exact) mass is 223 g/mol. The molecule has 0 aliphatic rings. The summed E-state index contributed by atoms with van der Waals surface area (Å²) >= 11 is 0. The highest BCUT2D eigenvalue weighted by Crippen LogP contribution is 2.10. The lowest BCUT2D eigenvalue weighted by atomic mass is 10.0. The molecule has 0 spiro atoms. The Morgan fingerprint density at radius 1 is 1.00 bits per heavy atom. The molecule has 1 atom stereocenters. The second-order valence-corrected chi connectivity index (χ2v) is 4.53. The van der Waals surface area contributed by atoms with E-state index in [1.165, 1.54) is 51.4 Å². The lowest BCUT2D eigenvalue weighted by Crippen LogP contribution is -2.24. The van der Waals surface area contributed by atoms with E-state index in [4.69, 9.17) is 0 Å². The van der Waals surface area contributed by atoms with Crippen molar-refractivity contribution in [3.63, 3.8) is 0 Å². The fraction of sp³-hybridized carbons (Fsp3) is 0.867. The molecule has 0 aromatic rings. The number of rotatable bonds is 10. The molecular formula is C15H29N. The van der Waals surface area contributed by atoms with Gasteiger partial charge in [-0.2, -0.15) is 0 Å². The minimum atomic E-state index is 0.600. The molecule has 0 aliphatic carbocycles. The van der Waals surface area contributed by atoms with Crippen LogP contribution in [-0.4, -0.2) is 13.1 Å². The average molecular weight is 223 g/mol. The highest BCUT2D eigenvalue weighted by Gasteiger charge is 2.02. The Morgan fingerprint density at radius 2 is 1.62 bits per heavy atom. The molecule has 1 nitrogen and oxygen atoms in total. The quantitative estimate of drug-likeness (QED) is 0.434. The third-order valence-corrected chi connectivity index (χ3v) is 3.09. The average Bonchev–Trinajstić information content (AvgIpc) is 2.32. The van der Waals surface area contributed by atoms with Crippen LogP contribution in [0.1, 0.15) is 71.6 Å². The molecule has 0 fully saturated rings. The molecule has 0 heterocycles. The van der Waals surface area contributed by atoms with Crippen LogP contribution in [0.15, 0.2) is 0 Å². The van der Waals surface area contributed by atoms with E-state index in [-0.39, 0.29) is 0 Å². The maximum absolute atomic E-state index is 3.35. The first-order valence-electron chi connectivity index (χ1n) is 6.92. The molecule has 94 valence electrons. The smallest absolute Gasteiger partial charge is 0.0243 e. The highest BCUT2D eigenvalue weighted by atomic mass is 14.9. The summed E-state index contributed by atoms with van der Waals surface area (Å²) in [6.07, 6.45) is 12.0. The minimum absolute atomic E-state index is 0.600. The van der Waals surface area contributed by atoms with Crippen molar-refractivity contribution in [1.82, 2.24) is 5.32 Å². The number of hydrogen-bond acceptors (Lipinski definition) is 1. The minimum Gasteiger partial charge on any atom is -0.316 e. The van der Waals surface area contributed by atoms with E-state index in [1.807, 2.05) is 14.0 Å². The van der Waals surface area contributed by atoms with Gasteiger partial charge in [0.2, 0.25) is 0 Å². The van der Waals surface area contributed by atoms with Crippen LogP contribution in [0, 0.1) is 11.8 Å². The predicted octanol–water partition coefficient (Wildman–Crippen LogP) is 4.13. The van der Waals surface area contributed by atoms with E-state index >= 15 is 0 Å². The van der Waals surface area contributed by atoms with Gasteiger partial charge in [-0.05, 0) is 20.4 Å². The zero-order valence-corrected chi connectivity index (χ0v) is 11.4. The van der Waals surface area contributed by atoms with E-state index in [0.717, 1.165) is 6.42 Å². The van der Waals surface area contributed by atoms with Crippen molar-refractivity contribution in [2.75, 3.05) is 7.05 Å². The maximum Gasteiger partial charge on any atom is 0.0243 e. The Labute approximate surface area is 102 Å². The third kappa shape index (κ3) is 10.1. The first-order valence-corrected chi connectivity index (χ1v) is 6.92. The van der Waals surface area contributed by atoms with Crippen LogP contribution in [0.25, 0.3) is 0 Å². The molecule has 16 heavy (non-hydrogen) atoms. The van der Waals surface area contributed by atoms with Crippen LogP contribution < -0.4 is 5.32 Å². The summed E-state index contributed by atoms with van der Waals surface area (Å²) < 4.78 is 0. The summed E-state index contributed by atoms with van der Waals surface area (Å²) in [5.74, 6) is 6.12. The van der Waals surface area contributed by atoms with E-state index in [9.17, 15) is 0 Å². The molecule has 0 rings (SSSR count). The molecule has 0 saturated carbocycles. The van der Waals surface area contributed by atoms with Gasteiger partial charge in [0.25, 0.3) is 0 Å². The van der Waals surface area contributed by atoms with Crippen LogP contribution in [-0.2, 0) is 0 Å². The van der Waals surface area contributed by atoms with Gasteiger partial charge in [-0.25, -0.2) is 0 Å². The van der Waals surface area contributed by atoms with Crippen LogP contribution >= 0.6 is 0 Å². The van der Waals surface area contributed by atoms with E-state index < -0.39 is 0 Å². The molecule has 0 aliphatic heterocycles. The van der Waals surface area contributed by atoms with Crippen LogP contribution in [0.2, 0.25) is 0 Å². The van der Waals surface area contributed by atoms with Crippen molar-refractivity contribution in [3.05, 3.63) is 0 Å². The Bertz CT molecular complexity index is 187. The molecule has 0 bridgehead atoms. The molecule has 1 heteroatoms. The van der Waals surface area contributed by atoms with Crippen molar-refractivity contribution >= 4 is 0 Å². The lowest BCUT2D eigenvalue weighted by molar-refractivity contribution is 0.487. The molecule has 0 aromatic carbocycles. The summed E-state index contributed by atoms with van der Waals surface area (Å²) in [7, 11) is 2.04. The first-order chi connectivity index (χ1) is 7.85. The summed E-state index contributed by atoms with van der Waals surface area (Å²) in [6.45, 7) is 4.19. The van der Waals surface area contributed by atoms with Gasteiger partial charge in [0.1, 0.15) is 0 Å². The van der Waals surface area contributed by atoms with Gasteiger partial charge in [-0.15, -0.1) is 11.8 Å². The molecule has 0 amide bonds. The molecule has 0 aromatic heterocycles. The van der Waals surface area contributed by atoms with Gasteiger partial charge in [0.15, 0.2) is 0 Å². The Balaban J connectivity index is 3.29. The van der Waals surface area contributed by atoms with Gasteiger partial charge < -0.3 is 5.32 Å². The zero-order chi connectivity index (χ0) is 12.1. The second kappa shape index (κ2) is 12.6. The zero-order valence-electron chi connectivity index (χ0n) is 11.4. The van der Waals surface area contributed by atoms with Gasteiger partial charge in [-0.1, -0.05) is 51.9 Å². The number of nitrogens with one attached hydrogen (secondary N) is 1. The summed E-state index contributed by atoms with van der Waals surface area (Å²) in [5, 5.41) is 3.35. The Kier molecular flexibility index (Phi) is 12.2. The van der Waals surface area contributed by atoms with Crippen LogP contribution in [0.4, 0.5) is 0 Å². The second-order valence-electron chi connectivity index (χ2n) is 4.53. The van der Waals surface area contributed by atoms with E-state index in [1.54, 1.807) is 0 Å². The van der Waals surface area contributed by atoms with Crippen LogP contribution in [0.5, 0.6) is 0 Å². The van der Waals surface area contributed by atoms with Crippen molar-refractivity contribution in [3.8, 4) is 11.8 Å². The fourth-order valence-corrected chi connectivity index (χ4v) is 1.92. The molecule has 0 radical (unpaired) electrons. The number of hydrogen-bond donors (Lipinski definition) is 1. The summed E-state index contributed by atoms with van der Waals surface area (Å²) in [6, 6.07) is 0.600.